The van der Waals surface area contributed by atoms with Crippen molar-refractivity contribution in [3.05, 3.63) is 46.3 Å². The van der Waals surface area contributed by atoms with E-state index < -0.39 is 66.0 Å². The van der Waals surface area contributed by atoms with Gasteiger partial charge < -0.3 is 34.1 Å². The van der Waals surface area contributed by atoms with E-state index in [9.17, 15) is 25.0 Å². The molecule has 2 N–H and O–H groups in total. The molecule has 4 rings (SSSR count). The number of likely N-dealkylation sites (tertiary alicyclic amines) is 1. The monoisotopic (exact) mass is 641 g/mol. The number of azide groups is 1. The number of esters is 1. The molecule has 2 saturated heterocycles. The maximum Gasteiger partial charge on any atom is 0.457 e. The topological polar surface area (TPSA) is 172 Å². The number of amides is 2. The molecule has 46 heavy (non-hydrogen) atoms. The van der Waals surface area contributed by atoms with E-state index in [1.54, 1.807) is 25.7 Å². The summed E-state index contributed by atoms with van der Waals surface area (Å²) >= 11 is 0. The smallest absolute Gasteiger partial charge is 0.457 e. The van der Waals surface area contributed by atoms with Crippen molar-refractivity contribution >= 4 is 25.1 Å². The molecule has 0 spiro atoms. The Balaban J connectivity index is 1.52. The molecule has 1 unspecified atom stereocenters. The molecule has 5 atom stereocenters. The minimum absolute atomic E-state index is 0.0392. The lowest BCUT2D eigenvalue weighted by atomic mass is 9.75. The minimum Gasteiger partial charge on any atom is -0.460 e. The normalized spacial score (nSPS) is 27.0. The fourth-order valence-corrected chi connectivity index (χ4v) is 6.87. The molecule has 2 amide bonds. The number of nitrogens with zero attached hydrogens (tertiary/aromatic N) is 4. The number of hydrogen-bond acceptors (Lipinski definition) is 9. The number of benzene rings is 1. The maximum atomic E-state index is 13.9. The molecule has 0 radical (unpaired) electrons. The maximum absolute atomic E-state index is 13.9. The van der Waals surface area contributed by atoms with Crippen LogP contribution in [-0.2, 0) is 35.0 Å². The number of carbonyl (C=O) groups is 3. The van der Waals surface area contributed by atoms with Gasteiger partial charge in [0.1, 0.15) is 23.8 Å². The average Bonchev–Trinajstić information content (AvgIpc) is 3.56. The third-order valence-corrected chi connectivity index (χ3v) is 9.72. The van der Waals surface area contributed by atoms with E-state index in [0.717, 1.165) is 5.56 Å². The second-order valence-electron chi connectivity index (χ2n) is 14.7. The Morgan fingerprint density at radius 2 is 1.80 bits per heavy atom. The Bertz CT molecular complexity index is 1300. The highest BCUT2D eigenvalue weighted by Crippen LogP contribution is 2.53. The fraction of sp³-hybridized carbons (Fsp3) is 0.719. The number of aliphatic hydroxyl groups excluding tert-OH is 1. The van der Waals surface area contributed by atoms with Crippen molar-refractivity contribution in [2.75, 3.05) is 19.7 Å². The van der Waals surface area contributed by atoms with E-state index in [-0.39, 0.29) is 38.0 Å². The van der Waals surface area contributed by atoms with Crippen LogP contribution in [0.25, 0.3) is 10.4 Å². The van der Waals surface area contributed by atoms with Crippen LogP contribution in [-0.4, -0.2) is 83.2 Å². The SMILES string of the molecule is CC(C)(C)OC(=O)N[C@@H](CO)C(=O)N1CC2[C@H](C1)C[C@@](N=[N+]=[N-])(C(=O)OCc1ccccc1)[C@H]2CCCB1OC(C)(C)C(C)(C)O1. The highest BCUT2D eigenvalue weighted by molar-refractivity contribution is 6.45. The van der Waals surface area contributed by atoms with Crippen LogP contribution in [0.5, 0.6) is 0 Å². The molecule has 3 fully saturated rings. The summed E-state index contributed by atoms with van der Waals surface area (Å²) in [5, 5.41) is 16.6. The predicted octanol–water partition coefficient (Wildman–Crippen LogP) is 4.63. The Kier molecular flexibility index (Phi) is 10.7. The zero-order valence-electron chi connectivity index (χ0n) is 28.0. The third kappa shape index (κ3) is 7.79. The number of ether oxygens (including phenoxy) is 2. The van der Waals surface area contributed by atoms with Crippen LogP contribution in [0, 0.1) is 17.8 Å². The summed E-state index contributed by atoms with van der Waals surface area (Å²) in [4.78, 5) is 44.4. The van der Waals surface area contributed by atoms with Gasteiger partial charge in [0, 0.05) is 18.0 Å². The zero-order valence-corrected chi connectivity index (χ0v) is 28.0. The van der Waals surface area contributed by atoms with Gasteiger partial charge in [-0.25, -0.2) is 4.79 Å². The lowest BCUT2D eigenvalue weighted by Crippen LogP contribution is -2.52. The van der Waals surface area contributed by atoms with Crippen molar-refractivity contribution in [1.29, 1.82) is 0 Å². The van der Waals surface area contributed by atoms with Crippen LogP contribution >= 0.6 is 0 Å². The van der Waals surface area contributed by atoms with E-state index >= 15 is 0 Å². The molecule has 1 aromatic rings. The lowest BCUT2D eigenvalue weighted by Gasteiger charge is -2.33. The van der Waals surface area contributed by atoms with Crippen molar-refractivity contribution in [2.45, 2.75) is 109 Å². The van der Waals surface area contributed by atoms with Gasteiger partial charge in [0.2, 0.25) is 5.91 Å². The predicted molar refractivity (Wildman–Crippen MR) is 170 cm³/mol. The van der Waals surface area contributed by atoms with E-state index in [1.807, 2.05) is 58.0 Å². The quantitative estimate of drug-likeness (QED) is 0.116. The van der Waals surface area contributed by atoms with Crippen molar-refractivity contribution in [3.8, 4) is 0 Å². The first-order valence-electron chi connectivity index (χ1n) is 16.0. The summed E-state index contributed by atoms with van der Waals surface area (Å²) < 4.78 is 23.4. The van der Waals surface area contributed by atoms with Gasteiger partial charge in [-0.1, -0.05) is 41.9 Å². The number of fused-ring (bicyclic) bond motifs is 1. The standard InChI is InChI=1S/C32H48BN5O8/c1-29(2,3)44-28(42)35-25(19-39)26(40)38-17-22-16-32(36-37-34,27(41)43-20-21-12-9-8-10-13-21)24(23(22)18-38)14-11-15-33-45-30(4,5)31(6,7)46-33/h8-10,12-13,22-25,39H,11,14-20H2,1-7H3,(H,35,42)/t22-,23?,24-,25-,32-/m0/s1. The molecule has 14 heteroatoms. The molecule has 1 saturated carbocycles. The number of rotatable bonds is 11. The number of nitrogens with one attached hydrogen (secondary N) is 1. The van der Waals surface area contributed by atoms with E-state index in [2.05, 4.69) is 15.3 Å². The molecule has 2 aliphatic heterocycles. The molecule has 0 aromatic heterocycles. The molecule has 1 aromatic carbocycles. The first-order valence-corrected chi connectivity index (χ1v) is 16.0. The highest BCUT2D eigenvalue weighted by Gasteiger charge is 2.61. The van der Waals surface area contributed by atoms with Crippen molar-refractivity contribution < 1.29 is 38.3 Å². The van der Waals surface area contributed by atoms with Crippen molar-refractivity contribution in [2.24, 2.45) is 22.9 Å². The van der Waals surface area contributed by atoms with E-state index in [0.29, 0.717) is 19.2 Å². The first-order chi connectivity index (χ1) is 21.5. The number of alkyl carbamates (subject to hydrolysis) is 1. The van der Waals surface area contributed by atoms with Crippen LogP contribution in [0.3, 0.4) is 0 Å². The van der Waals surface area contributed by atoms with Crippen molar-refractivity contribution in [3.63, 3.8) is 0 Å². The zero-order chi connectivity index (χ0) is 33.9. The third-order valence-electron chi connectivity index (χ3n) is 9.72. The van der Waals surface area contributed by atoms with Gasteiger partial charge in [-0.2, -0.15) is 0 Å². The average molecular weight is 642 g/mol. The van der Waals surface area contributed by atoms with E-state index in [4.69, 9.17) is 18.8 Å². The summed E-state index contributed by atoms with van der Waals surface area (Å²) in [5.41, 5.74) is 7.33. The fourth-order valence-electron chi connectivity index (χ4n) is 6.87. The first kappa shape index (κ1) is 35.5. The van der Waals surface area contributed by atoms with Crippen LogP contribution in [0.15, 0.2) is 35.4 Å². The van der Waals surface area contributed by atoms with Gasteiger partial charge in [-0.3, -0.25) is 9.59 Å². The second-order valence-corrected chi connectivity index (χ2v) is 14.7. The van der Waals surface area contributed by atoms with Gasteiger partial charge in [-0.15, -0.1) is 0 Å². The molecule has 1 aliphatic carbocycles. The van der Waals surface area contributed by atoms with Crippen LogP contribution in [0.2, 0.25) is 6.32 Å². The molecule has 13 nitrogen and oxygen atoms in total. The number of carbonyl (C=O) groups excluding carboxylic acids is 3. The van der Waals surface area contributed by atoms with Crippen LogP contribution in [0.1, 0.15) is 73.3 Å². The molecule has 252 valence electrons. The summed E-state index contributed by atoms with van der Waals surface area (Å²) in [6.45, 7) is 13.1. The van der Waals surface area contributed by atoms with Gasteiger partial charge in [-0.05, 0) is 96.5 Å². The summed E-state index contributed by atoms with van der Waals surface area (Å²) in [6, 6.07) is 8.10. The van der Waals surface area contributed by atoms with Crippen molar-refractivity contribution in [1.82, 2.24) is 10.2 Å². The van der Waals surface area contributed by atoms with Crippen LogP contribution < -0.4 is 5.32 Å². The summed E-state index contributed by atoms with van der Waals surface area (Å²) in [5.74, 6) is -1.80. The lowest BCUT2D eigenvalue weighted by molar-refractivity contribution is -0.153. The largest absolute Gasteiger partial charge is 0.460 e. The number of hydrogen-bond donors (Lipinski definition) is 2. The molecule has 0 bridgehead atoms. The summed E-state index contributed by atoms with van der Waals surface area (Å²) in [7, 11) is -0.424. The molecule has 3 aliphatic rings. The highest BCUT2D eigenvalue weighted by atomic mass is 16.7. The number of aliphatic hydroxyl groups is 1. The van der Waals surface area contributed by atoms with Gasteiger partial charge in [0.05, 0.1) is 17.8 Å². The minimum atomic E-state index is -1.45. The van der Waals surface area contributed by atoms with E-state index in [1.165, 1.54) is 0 Å². The Morgan fingerprint density at radius 3 is 2.39 bits per heavy atom. The van der Waals surface area contributed by atoms with Crippen LogP contribution in [0.4, 0.5) is 4.79 Å². The van der Waals surface area contributed by atoms with Gasteiger partial charge in [0.25, 0.3) is 0 Å². The Hall–Kier alpha value is -3.32. The Morgan fingerprint density at radius 1 is 1.15 bits per heavy atom. The molecule has 2 heterocycles. The Labute approximate surface area is 271 Å². The molecular weight excluding hydrogens is 593 g/mol. The molecular formula is C32H48BN5O8. The van der Waals surface area contributed by atoms with Gasteiger partial charge >= 0.3 is 19.2 Å². The van der Waals surface area contributed by atoms with Gasteiger partial charge in [0.15, 0.2) is 0 Å². The second kappa shape index (κ2) is 13.8. The summed E-state index contributed by atoms with van der Waals surface area (Å²) in [6.07, 6.45) is 1.10.